The number of nitrogens with two attached hydrogens (primary N) is 1. The Labute approximate surface area is 90.0 Å². The average molecular weight is 213 g/mol. The van der Waals surface area contributed by atoms with Gasteiger partial charge in [0.25, 0.3) is 5.89 Å². The van der Waals surface area contributed by atoms with Gasteiger partial charge in [-0.1, -0.05) is 19.0 Å². The second-order valence-electron chi connectivity index (χ2n) is 3.88. The number of rotatable bonds is 5. The van der Waals surface area contributed by atoms with Gasteiger partial charge in [-0.3, -0.25) is 0 Å². The lowest BCUT2D eigenvalue weighted by atomic mass is 10.0. The molecule has 0 bridgehead atoms. The lowest BCUT2D eigenvalue weighted by molar-refractivity contribution is -0.0272. The van der Waals surface area contributed by atoms with Gasteiger partial charge in [-0.15, -0.1) is 0 Å². The van der Waals surface area contributed by atoms with Crippen LogP contribution in [-0.4, -0.2) is 23.8 Å². The van der Waals surface area contributed by atoms with Gasteiger partial charge < -0.3 is 15.0 Å². The highest BCUT2D eigenvalue weighted by molar-refractivity contribution is 5.00. The van der Waals surface area contributed by atoms with Crippen molar-refractivity contribution in [1.82, 2.24) is 10.1 Å². The summed E-state index contributed by atoms with van der Waals surface area (Å²) in [5, 5.41) is 3.90. The van der Waals surface area contributed by atoms with E-state index >= 15 is 0 Å². The summed E-state index contributed by atoms with van der Waals surface area (Å²) < 4.78 is 10.6. The van der Waals surface area contributed by atoms with Crippen LogP contribution in [0.4, 0.5) is 0 Å². The van der Waals surface area contributed by atoms with Gasteiger partial charge in [-0.25, -0.2) is 0 Å². The molecule has 0 amide bonds. The summed E-state index contributed by atoms with van der Waals surface area (Å²) in [5.41, 5.74) is 5.03. The average Bonchev–Trinajstić information content (AvgIpc) is 2.76. The van der Waals surface area contributed by atoms with Crippen LogP contribution < -0.4 is 5.73 Å². The van der Waals surface area contributed by atoms with Crippen LogP contribution in [0.3, 0.4) is 0 Å². The Morgan fingerprint density at radius 3 is 2.73 bits per heavy atom. The second-order valence-corrected chi connectivity index (χ2v) is 3.88. The molecular weight excluding hydrogens is 194 g/mol. The van der Waals surface area contributed by atoms with E-state index in [0.29, 0.717) is 18.3 Å². The number of hydrogen-bond acceptors (Lipinski definition) is 5. The predicted octanol–water partition coefficient (Wildman–Crippen LogP) is 1.40. The van der Waals surface area contributed by atoms with Crippen LogP contribution >= 0.6 is 0 Å². The Kier molecular flexibility index (Phi) is 3.82. The van der Waals surface area contributed by atoms with Crippen LogP contribution in [-0.2, 0) is 10.3 Å². The van der Waals surface area contributed by atoms with Gasteiger partial charge in [-0.2, -0.15) is 4.98 Å². The quantitative estimate of drug-likeness (QED) is 0.800. The van der Waals surface area contributed by atoms with Crippen molar-refractivity contribution in [3.05, 3.63) is 11.7 Å². The second kappa shape index (κ2) is 4.72. The van der Waals surface area contributed by atoms with Crippen molar-refractivity contribution in [2.75, 3.05) is 13.7 Å². The molecule has 2 N–H and O–H groups in total. The third-order valence-electron chi connectivity index (χ3n) is 2.81. The SMILES string of the molecule is CCC(C)(OC)c1nc(C(C)CN)no1. The minimum atomic E-state index is -0.500. The molecule has 5 heteroatoms. The molecule has 86 valence electrons. The number of hydrogen-bond donors (Lipinski definition) is 1. The summed E-state index contributed by atoms with van der Waals surface area (Å²) in [6.45, 7) is 6.41. The Morgan fingerprint density at radius 1 is 1.60 bits per heavy atom. The maximum absolute atomic E-state index is 5.53. The van der Waals surface area contributed by atoms with E-state index in [0.717, 1.165) is 6.42 Å². The maximum Gasteiger partial charge on any atom is 0.258 e. The van der Waals surface area contributed by atoms with Crippen molar-refractivity contribution in [3.63, 3.8) is 0 Å². The van der Waals surface area contributed by atoms with Crippen molar-refractivity contribution in [1.29, 1.82) is 0 Å². The van der Waals surface area contributed by atoms with Crippen LogP contribution in [0.25, 0.3) is 0 Å². The Balaban J connectivity index is 2.92. The van der Waals surface area contributed by atoms with Gasteiger partial charge in [0.15, 0.2) is 5.82 Å². The van der Waals surface area contributed by atoms with E-state index in [1.165, 1.54) is 0 Å². The number of ether oxygens (including phenoxy) is 1. The molecule has 0 fully saturated rings. The summed E-state index contributed by atoms with van der Waals surface area (Å²) in [5.74, 6) is 1.27. The summed E-state index contributed by atoms with van der Waals surface area (Å²) in [7, 11) is 1.64. The first-order valence-electron chi connectivity index (χ1n) is 5.16. The molecule has 1 rings (SSSR count). The van der Waals surface area contributed by atoms with Crippen LogP contribution in [0.5, 0.6) is 0 Å². The van der Waals surface area contributed by atoms with Crippen molar-refractivity contribution < 1.29 is 9.26 Å². The molecule has 0 saturated heterocycles. The first kappa shape index (κ1) is 12.1. The van der Waals surface area contributed by atoms with Crippen LogP contribution in [0, 0.1) is 0 Å². The standard InChI is InChI=1S/C10H19N3O2/c1-5-10(3,14-4)9-12-8(13-15-9)7(2)6-11/h7H,5-6,11H2,1-4H3. The number of nitrogens with zero attached hydrogens (tertiary/aromatic N) is 2. The molecule has 0 aliphatic rings. The zero-order valence-electron chi connectivity index (χ0n) is 9.78. The fourth-order valence-corrected chi connectivity index (χ4v) is 1.14. The minimum absolute atomic E-state index is 0.112. The first-order chi connectivity index (χ1) is 7.07. The van der Waals surface area contributed by atoms with Gasteiger partial charge in [-0.05, 0) is 13.3 Å². The Hall–Kier alpha value is -0.940. The molecule has 5 nitrogen and oxygen atoms in total. The highest BCUT2D eigenvalue weighted by Gasteiger charge is 2.31. The molecule has 0 aliphatic heterocycles. The van der Waals surface area contributed by atoms with E-state index in [1.807, 2.05) is 20.8 Å². The molecule has 0 aromatic carbocycles. The smallest absolute Gasteiger partial charge is 0.258 e. The van der Waals surface area contributed by atoms with E-state index < -0.39 is 5.60 Å². The normalized spacial score (nSPS) is 17.4. The molecule has 15 heavy (non-hydrogen) atoms. The molecule has 0 saturated carbocycles. The Morgan fingerprint density at radius 2 is 2.27 bits per heavy atom. The van der Waals surface area contributed by atoms with Crippen molar-refractivity contribution in [3.8, 4) is 0 Å². The molecule has 0 aliphatic carbocycles. The highest BCUT2D eigenvalue weighted by Crippen LogP contribution is 2.27. The number of aromatic nitrogens is 2. The van der Waals surface area contributed by atoms with Gasteiger partial charge >= 0.3 is 0 Å². The largest absolute Gasteiger partial charge is 0.369 e. The van der Waals surface area contributed by atoms with E-state index in [9.17, 15) is 0 Å². The maximum atomic E-state index is 5.53. The molecule has 2 atom stereocenters. The molecule has 0 radical (unpaired) electrons. The van der Waals surface area contributed by atoms with E-state index in [4.69, 9.17) is 15.0 Å². The van der Waals surface area contributed by atoms with Gasteiger partial charge in [0, 0.05) is 19.6 Å². The van der Waals surface area contributed by atoms with Crippen LogP contribution in [0.2, 0.25) is 0 Å². The third-order valence-corrected chi connectivity index (χ3v) is 2.81. The van der Waals surface area contributed by atoms with Crippen LogP contribution in [0.1, 0.15) is 44.8 Å². The monoisotopic (exact) mass is 213 g/mol. The molecule has 1 aromatic heterocycles. The van der Waals surface area contributed by atoms with Gasteiger partial charge in [0.1, 0.15) is 5.60 Å². The summed E-state index contributed by atoms with van der Waals surface area (Å²) in [6, 6.07) is 0. The Bertz CT molecular complexity index is 307. The van der Waals surface area contributed by atoms with E-state index in [1.54, 1.807) is 7.11 Å². The zero-order valence-corrected chi connectivity index (χ0v) is 9.78. The molecule has 0 spiro atoms. The summed E-state index contributed by atoms with van der Waals surface area (Å²) >= 11 is 0. The zero-order chi connectivity index (χ0) is 11.5. The topological polar surface area (TPSA) is 74.2 Å². The summed E-state index contributed by atoms with van der Waals surface area (Å²) in [6.07, 6.45) is 0.780. The van der Waals surface area contributed by atoms with Crippen LogP contribution in [0.15, 0.2) is 4.52 Å². The van der Waals surface area contributed by atoms with Crippen molar-refractivity contribution in [2.45, 2.75) is 38.7 Å². The number of methoxy groups -OCH3 is 1. The highest BCUT2D eigenvalue weighted by atomic mass is 16.5. The molecule has 1 heterocycles. The molecule has 1 aromatic rings. The van der Waals surface area contributed by atoms with Gasteiger partial charge in [0.2, 0.25) is 0 Å². The molecular formula is C10H19N3O2. The molecule has 2 unspecified atom stereocenters. The minimum Gasteiger partial charge on any atom is -0.369 e. The van der Waals surface area contributed by atoms with Gasteiger partial charge in [0.05, 0.1) is 0 Å². The van der Waals surface area contributed by atoms with Crippen molar-refractivity contribution >= 4 is 0 Å². The fourth-order valence-electron chi connectivity index (χ4n) is 1.14. The van der Waals surface area contributed by atoms with E-state index in [2.05, 4.69) is 10.1 Å². The van der Waals surface area contributed by atoms with E-state index in [-0.39, 0.29) is 5.92 Å². The predicted molar refractivity (Wildman–Crippen MR) is 56.4 cm³/mol. The lowest BCUT2D eigenvalue weighted by Gasteiger charge is -2.21. The third kappa shape index (κ3) is 2.35. The lowest BCUT2D eigenvalue weighted by Crippen LogP contribution is -2.23. The summed E-state index contributed by atoms with van der Waals surface area (Å²) in [4.78, 5) is 4.31. The fraction of sp³-hybridized carbons (Fsp3) is 0.800. The first-order valence-corrected chi connectivity index (χ1v) is 5.16. The van der Waals surface area contributed by atoms with Crippen molar-refractivity contribution in [2.24, 2.45) is 5.73 Å².